The van der Waals surface area contributed by atoms with E-state index >= 15 is 0 Å². The van der Waals surface area contributed by atoms with Crippen molar-refractivity contribution in [1.82, 2.24) is 9.55 Å². The van der Waals surface area contributed by atoms with Crippen LogP contribution in [0.1, 0.15) is 5.56 Å². The number of halogens is 1. The lowest BCUT2D eigenvalue weighted by Gasteiger charge is -2.14. The van der Waals surface area contributed by atoms with Crippen molar-refractivity contribution in [1.29, 1.82) is 0 Å². The highest BCUT2D eigenvalue weighted by Crippen LogP contribution is 2.33. The van der Waals surface area contributed by atoms with Crippen molar-refractivity contribution < 1.29 is 13.2 Å². The van der Waals surface area contributed by atoms with Gasteiger partial charge in [0.05, 0.1) is 28.9 Å². The molecule has 0 fully saturated rings. The molecule has 0 aliphatic heterocycles. The molecule has 0 aliphatic rings. The van der Waals surface area contributed by atoms with Gasteiger partial charge in [-0.05, 0) is 55.0 Å². The van der Waals surface area contributed by atoms with E-state index in [4.69, 9.17) is 16.3 Å². The number of nitrogens with one attached hydrogen (secondary N) is 1. The smallest absolute Gasteiger partial charge is 0.275 e. The van der Waals surface area contributed by atoms with Crippen LogP contribution in [0.25, 0.3) is 26.3 Å². The van der Waals surface area contributed by atoms with Crippen LogP contribution in [0.5, 0.6) is 5.75 Å². The van der Waals surface area contributed by atoms with Crippen molar-refractivity contribution in [3.05, 3.63) is 100 Å². The molecule has 182 valence electrons. The van der Waals surface area contributed by atoms with Crippen LogP contribution in [0.2, 0.25) is 5.02 Å². The lowest BCUT2D eigenvalue weighted by molar-refractivity contribution is 0.416. The standard InChI is InChI=1S/C26H20ClN3O4S2/c1-16-3-10-20(11-4-16)36(32,33)29-21-12-9-19(13-23(21)34-2)30-15-28-22-14-24(35-25(22)26(30)31)17-5-7-18(27)8-6-17/h3-15,29H,1-2H3. The van der Waals surface area contributed by atoms with Crippen molar-refractivity contribution in [3.63, 3.8) is 0 Å². The maximum absolute atomic E-state index is 13.3. The van der Waals surface area contributed by atoms with Crippen LogP contribution < -0.4 is 15.0 Å². The summed E-state index contributed by atoms with van der Waals surface area (Å²) in [6, 6.07) is 20.6. The van der Waals surface area contributed by atoms with Crippen molar-refractivity contribution in [3.8, 4) is 21.9 Å². The Labute approximate surface area is 216 Å². The number of fused-ring (bicyclic) bond motifs is 1. The third kappa shape index (κ3) is 4.60. The minimum Gasteiger partial charge on any atom is -0.494 e. The van der Waals surface area contributed by atoms with E-state index < -0.39 is 10.0 Å². The number of anilines is 1. The number of aryl methyl sites for hydroxylation is 1. The number of thiophene rings is 1. The second-order valence-corrected chi connectivity index (χ2v) is 11.2. The summed E-state index contributed by atoms with van der Waals surface area (Å²) in [4.78, 5) is 18.8. The molecule has 5 aromatic rings. The van der Waals surface area contributed by atoms with Gasteiger partial charge >= 0.3 is 0 Å². The van der Waals surface area contributed by atoms with Crippen LogP contribution in [0, 0.1) is 6.92 Å². The summed E-state index contributed by atoms with van der Waals surface area (Å²) in [6.07, 6.45) is 1.45. The Morgan fingerprint density at radius 1 is 1.00 bits per heavy atom. The number of benzene rings is 3. The Bertz CT molecular complexity index is 1740. The molecule has 0 saturated heterocycles. The zero-order valence-electron chi connectivity index (χ0n) is 19.2. The summed E-state index contributed by atoms with van der Waals surface area (Å²) in [5.74, 6) is 0.267. The van der Waals surface area contributed by atoms with E-state index in [9.17, 15) is 13.2 Å². The van der Waals surface area contributed by atoms with E-state index in [0.29, 0.717) is 20.9 Å². The van der Waals surface area contributed by atoms with Gasteiger partial charge in [-0.15, -0.1) is 11.3 Å². The molecule has 1 N–H and O–H groups in total. The van der Waals surface area contributed by atoms with Crippen molar-refractivity contribution in [2.24, 2.45) is 0 Å². The molecule has 7 nitrogen and oxygen atoms in total. The quantitative estimate of drug-likeness (QED) is 0.292. The van der Waals surface area contributed by atoms with Gasteiger partial charge in [0.25, 0.3) is 15.6 Å². The average Bonchev–Trinajstić information content (AvgIpc) is 3.30. The predicted molar refractivity (Wildman–Crippen MR) is 144 cm³/mol. The minimum absolute atomic E-state index is 0.138. The molecule has 0 unspecified atom stereocenters. The molecule has 2 heterocycles. The van der Waals surface area contributed by atoms with Gasteiger partial charge in [0.1, 0.15) is 16.8 Å². The Kier molecular flexibility index (Phi) is 6.29. The average molecular weight is 538 g/mol. The van der Waals surface area contributed by atoms with Crippen molar-refractivity contribution in [2.75, 3.05) is 11.8 Å². The Balaban J connectivity index is 1.50. The normalized spacial score (nSPS) is 11.5. The Morgan fingerprint density at radius 3 is 2.42 bits per heavy atom. The zero-order chi connectivity index (χ0) is 25.4. The highest BCUT2D eigenvalue weighted by Gasteiger charge is 2.18. The summed E-state index contributed by atoms with van der Waals surface area (Å²) < 4.78 is 35.6. The SMILES string of the molecule is COc1cc(-n2cnc3cc(-c4ccc(Cl)cc4)sc3c2=O)ccc1NS(=O)(=O)c1ccc(C)cc1. The molecule has 36 heavy (non-hydrogen) atoms. The number of hydrogen-bond donors (Lipinski definition) is 1. The second kappa shape index (κ2) is 9.42. The molecule has 0 bridgehead atoms. The topological polar surface area (TPSA) is 90.3 Å². The maximum Gasteiger partial charge on any atom is 0.275 e. The molecule has 5 rings (SSSR count). The first kappa shape index (κ1) is 24.1. The van der Waals surface area contributed by atoms with Gasteiger partial charge < -0.3 is 4.74 Å². The van der Waals surface area contributed by atoms with E-state index in [1.165, 1.54) is 41.5 Å². The first-order valence-corrected chi connectivity index (χ1v) is 13.5. The van der Waals surface area contributed by atoms with E-state index in [1.54, 1.807) is 42.5 Å². The Hall–Kier alpha value is -3.66. The van der Waals surface area contributed by atoms with Crippen LogP contribution >= 0.6 is 22.9 Å². The van der Waals surface area contributed by atoms with Gasteiger partial charge in [-0.25, -0.2) is 13.4 Å². The van der Waals surface area contributed by atoms with Gasteiger partial charge in [-0.2, -0.15) is 0 Å². The number of aromatic nitrogens is 2. The van der Waals surface area contributed by atoms with Crippen LogP contribution in [0.4, 0.5) is 5.69 Å². The fourth-order valence-corrected chi connectivity index (χ4v) is 5.93. The molecular formula is C26H20ClN3O4S2. The maximum atomic E-state index is 13.3. The van der Waals surface area contributed by atoms with Gasteiger partial charge in [0, 0.05) is 16.0 Å². The van der Waals surface area contributed by atoms with Gasteiger partial charge in [-0.1, -0.05) is 41.4 Å². The lowest BCUT2D eigenvalue weighted by atomic mass is 10.2. The molecule has 0 saturated carbocycles. The first-order chi connectivity index (χ1) is 17.2. The highest BCUT2D eigenvalue weighted by atomic mass is 35.5. The van der Waals surface area contributed by atoms with Crippen LogP contribution in [0.15, 0.2) is 88.8 Å². The lowest BCUT2D eigenvalue weighted by Crippen LogP contribution is -2.18. The third-order valence-corrected chi connectivity index (χ3v) is 8.40. The van der Waals surface area contributed by atoms with E-state index in [0.717, 1.165) is 16.0 Å². The molecule has 0 atom stereocenters. The summed E-state index contributed by atoms with van der Waals surface area (Å²) in [5, 5.41) is 0.638. The third-order valence-electron chi connectivity index (χ3n) is 5.61. The van der Waals surface area contributed by atoms with Gasteiger partial charge in [-0.3, -0.25) is 14.1 Å². The van der Waals surface area contributed by atoms with Gasteiger partial charge in [0.2, 0.25) is 0 Å². The monoisotopic (exact) mass is 537 g/mol. The van der Waals surface area contributed by atoms with Crippen LogP contribution in [-0.2, 0) is 10.0 Å². The molecule has 0 radical (unpaired) electrons. The van der Waals surface area contributed by atoms with E-state index in [-0.39, 0.29) is 21.9 Å². The fraction of sp³-hybridized carbons (Fsp3) is 0.0769. The molecule has 0 aliphatic carbocycles. The number of ether oxygens (including phenoxy) is 1. The first-order valence-electron chi connectivity index (χ1n) is 10.8. The largest absolute Gasteiger partial charge is 0.494 e. The molecule has 10 heteroatoms. The number of sulfonamides is 1. The molecule has 0 spiro atoms. The van der Waals surface area contributed by atoms with Gasteiger partial charge in [0.15, 0.2) is 0 Å². The summed E-state index contributed by atoms with van der Waals surface area (Å²) in [7, 11) is -2.39. The number of rotatable bonds is 6. The van der Waals surface area contributed by atoms with Crippen molar-refractivity contribution >= 4 is 48.9 Å². The molecule has 3 aromatic carbocycles. The number of hydrogen-bond acceptors (Lipinski definition) is 6. The van der Waals surface area contributed by atoms with E-state index in [2.05, 4.69) is 9.71 Å². The number of methoxy groups -OCH3 is 1. The zero-order valence-corrected chi connectivity index (χ0v) is 21.6. The molecule has 2 aromatic heterocycles. The van der Waals surface area contributed by atoms with Crippen LogP contribution in [-0.4, -0.2) is 25.1 Å². The molecular weight excluding hydrogens is 518 g/mol. The van der Waals surface area contributed by atoms with E-state index in [1.807, 2.05) is 25.1 Å². The number of nitrogens with zero attached hydrogens (tertiary/aromatic N) is 2. The van der Waals surface area contributed by atoms with Crippen LogP contribution in [0.3, 0.4) is 0 Å². The fourth-order valence-electron chi connectivity index (χ4n) is 3.69. The molecule has 0 amide bonds. The highest BCUT2D eigenvalue weighted by molar-refractivity contribution is 7.92. The summed E-state index contributed by atoms with van der Waals surface area (Å²) in [6.45, 7) is 1.88. The predicted octanol–water partition coefficient (Wildman–Crippen LogP) is 5.89. The van der Waals surface area contributed by atoms with Crippen molar-refractivity contribution in [2.45, 2.75) is 11.8 Å². The minimum atomic E-state index is -3.82. The summed E-state index contributed by atoms with van der Waals surface area (Å²) >= 11 is 7.34. The second-order valence-electron chi connectivity index (χ2n) is 8.05. The Morgan fingerprint density at radius 2 is 1.72 bits per heavy atom. The summed E-state index contributed by atoms with van der Waals surface area (Å²) in [5.41, 5.74) is 3.01.